The number of anilines is 1. The molecule has 2 rings (SSSR count). The number of carbonyl (C=O) groups is 1. The highest BCUT2D eigenvalue weighted by molar-refractivity contribution is 5.73. The van der Waals surface area contributed by atoms with E-state index < -0.39 is 5.91 Å². The summed E-state index contributed by atoms with van der Waals surface area (Å²) in [5, 5.41) is 11.7. The molecule has 3 N–H and O–H groups in total. The number of hydrogen-bond acceptors (Lipinski definition) is 4. The first kappa shape index (κ1) is 13.1. The van der Waals surface area contributed by atoms with Crippen molar-refractivity contribution < 1.29 is 4.79 Å². The molecule has 0 bridgehead atoms. The first-order chi connectivity index (χ1) is 9.08. The molecule has 0 atom stereocenters. The topological polar surface area (TPSA) is 90.8 Å². The first-order valence-corrected chi connectivity index (χ1v) is 6.14. The fraction of sp³-hybridized carbons (Fsp3) is 0.417. The van der Waals surface area contributed by atoms with Gasteiger partial charge in [0.25, 0.3) is 0 Å². The smallest absolute Gasteiger partial charge is 0.239 e. The number of aryl methyl sites for hydroxylation is 2. The molecule has 0 spiro atoms. The molecule has 0 aliphatic rings. The van der Waals surface area contributed by atoms with Crippen LogP contribution in [-0.4, -0.2) is 25.5 Å². The van der Waals surface area contributed by atoms with Crippen LogP contribution < -0.4 is 11.1 Å². The third kappa shape index (κ3) is 3.34. The summed E-state index contributed by atoms with van der Waals surface area (Å²) in [6.45, 7) is 2.85. The monoisotopic (exact) mass is 262 g/mol. The van der Waals surface area contributed by atoms with Crippen LogP contribution in [0.4, 0.5) is 5.69 Å². The zero-order chi connectivity index (χ0) is 13.8. The lowest BCUT2D eigenvalue weighted by Crippen LogP contribution is -2.18. The van der Waals surface area contributed by atoms with Crippen LogP contribution in [-0.2, 0) is 31.4 Å². The van der Waals surface area contributed by atoms with E-state index in [-0.39, 0.29) is 6.54 Å². The Morgan fingerprint density at radius 3 is 2.95 bits per heavy atom. The molecule has 0 fully saturated rings. The van der Waals surface area contributed by atoms with E-state index in [4.69, 9.17) is 5.73 Å². The Balaban J connectivity index is 1.98. The van der Waals surface area contributed by atoms with Crippen molar-refractivity contribution in [3.8, 4) is 0 Å². The molecule has 0 saturated heterocycles. The lowest BCUT2D eigenvalue weighted by Gasteiger charge is -2.02. The van der Waals surface area contributed by atoms with Crippen molar-refractivity contribution in [2.75, 3.05) is 5.32 Å². The van der Waals surface area contributed by atoms with Gasteiger partial charge in [-0.25, -0.2) is 0 Å². The van der Waals surface area contributed by atoms with E-state index in [1.165, 1.54) is 4.68 Å². The third-order valence-corrected chi connectivity index (χ3v) is 2.76. The lowest BCUT2D eigenvalue weighted by atomic mass is 10.2. The highest BCUT2D eigenvalue weighted by Crippen LogP contribution is 2.11. The maximum atomic E-state index is 10.8. The zero-order valence-electron chi connectivity index (χ0n) is 11.1. The van der Waals surface area contributed by atoms with E-state index in [2.05, 4.69) is 22.4 Å². The minimum absolute atomic E-state index is 0.0920. The molecule has 0 aliphatic carbocycles. The van der Waals surface area contributed by atoms with Crippen molar-refractivity contribution in [3.05, 3.63) is 29.8 Å². The number of nitrogens with two attached hydrogens (primary N) is 1. The second kappa shape index (κ2) is 5.55. The number of rotatable bonds is 6. The molecule has 0 saturated carbocycles. The summed E-state index contributed by atoms with van der Waals surface area (Å²) < 4.78 is 3.32. The van der Waals surface area contributed by atoms with E-state index in [0.29, 0.717) is 6.54 Å². The fourth-order valence-electron chi connectivity index (χ4n) is 1.93. The van der Waals surface area contributed by atoms with E-state index in [0.717, 1.165) is 23.4 Å². The molecule has 7 heteroatoms. The number of aromatic nitrogens is 4. The summed E-state index contributed by atoms with van der Waals surface area (Å²) in [6.07, 6.45) is 6.33. The van der Waals surface area contributed by atoms with Gasteiger partial charge in [0.15, 0.2) is 0 Å². The Kier molecular flexibility index (Phi) is 3.84. The summed E-state index contributed by atoms with van der Waals surface area (Å²) in [6, 6.07) is 0. The van der Waals surface area contributed by atoms with Crippen molar-refractivity contribution in [1.82, 2.24) is 19.6 Å². The van der Waals surface area contributed by atoms with Crippen LogP contribution in [0.25, 0.3) is 0 Å². The highest BCUT2D eigenvalue weighted by Gasteiger charge is 2.06. The maximum absolute atomic E-state index is 10.8. The number of hydrogen-bond donors (Lipinski definition) is 2. The van der Waals surface area contributed by atoms with Gasteiger partial charge in [0.2, 0.25) is 5.91 Å². The first-order valence-electron chi connectivity index (χ1n) is 6.14. The maximum Gasteiger partial charge on any atom is 0.239 e. The standard InChI is InChI=1S/C12H18N6O/c1-3-11-9(6-17(2)16-11)4-14-10-5-15-18(7-10)8-12(13)19/h5-7,14H,3-4,8H2,1-2H3,(H2,13,19). The predicted molar refractivity (Wildman–Crippen MR) is 71.3 cm³/mol. The summed E-state index contributed by atoms with van der Waals surface area (Å²) in [5.74, 6) is -0.407. The number of primary amides is 1. The molecule has 7 nitrogen and oxygen atoms in total. The number of nitrogens with one attached hydrogen (secondary N) is 1. The highest BCUT2D eigenvalue weighted by atomic mass is 16.1. The molecular formula is C12H18N6O. The quantitative estimate of drug-likeness (QED) is 0.782. The number of nitrogens with zero attached hydrogens (tertiary/aromatic N) is 4. The Morgan fingerprint density at radius 1 is 1.47 bits per heavy atom. The van der Waals surface area contributed by atoms with Gasteiger partial charge in [-0.3, -0.25) is 14.2 Å². The molecule has 102 valence electrons. The second-order valence-corrected chi connectivity index (χ2v) is 4.37. The van der Waals surface area contributed by atoms with Crippen LogP contribution in [0.1, 0.15) is 18.2 Å². The van der Waals surface area contributed by atoms with E-state index >= 15 is 0 Å². The van der Waals surface area contributed by atoms with Gasteiger partial charge < -0.3 is 11.1 Å². The molecule has 19 heavy (non-hydrogen) atoms. The minimum atomic E-state index is -0.407. The van der Waals surface area contributed by atoms with Gasteiger partial charge in [-0.2, -0.15) is 10.2 Å². The normalized spacial score (nSPS) is 10.6. The molecule has 0 aliphatic heterocycles. The van der Waals surface area contributed by atoms with Crippen molar-refractivity contribution >= 4 is 11.6 Å². The average molecular weight is 262 g/mol. The summed E-state index contributed by atoms with van der Waals surface area (Å²) in [4.78, 5) is 10.8. The summed E-state index contributed by atoms with van der Waals surface area (Å²) in [5.41, 5.74) is 8.20. The van der Waals surface area contributed by atoms with Crippen molar-refractivity contribution in [1.29, 1.82) is 0 Å². The van der Waals surface area contributed by atoms with Gasteiger partial charge in [-0.15, -0.1) is 0 Å². The summed E-state index contributed by atoms with van der Waals surface area (Å²) >= 11 is 0. The Bertz CT molecular complexity index is 571. The molecule has 0 unspecified atom stereocenters. The van der Waals surface area contributed by atoms with Gasteiger partial charge in [0.1, 0.15) is 6.54 Å². The van der Waals surface area contributed by atoms with Gasteiger partial charge in [0.05, 0.1) is 17.6 Å². The zero-order valence-corrected chi connectivity index (χ0v) is 11.1. The van der Waals surface area contributed by atoms with Crippen LogP contribution in [0.5, 0.6) is 0 Å². The molecule has 2 heterocycles. The van der Waals surface area contributed by atoms with Crippen molar-refractivity contribution in [3.63, 3.8) is 0 Å². The molecule has 0 radical (unpaired) electrons. The Labute approximate surface area is 111 Å². The molecular weight excluding hydrogens is 244 g/mol. The molecule has 1 amide bonds. The number of carbonyl (C=O) groups excluding carboxylic acids is 1. The fourth-order valence-corrected chi connectivity index (χ4v) is 1.93. The van der Waals surface area contributed by atoms with Crippen LogP contribution in [0.15, 0.2) is 18.6 Å². The van der Waals surface area contributed by atoms with Gasteiger partial charge in [-0.1, -0.05) is 6.92 Å². The van der Waals surface area contributed by atoms with Crippen molar-refractivity contribution in [2.24, 2.45) is 12.8 Å². The molecule has 0 aromatic carbocycles. The SMILES string of the molecule is CCc1nn(C)cc1CNc1cnn(CC(N)=O)c1. The van der Waals surface area contributed by atoms with Crippen LogP contribution in [0, 0.1) is 0 Å². The number of amides is 1. The van der Waals surface area contributed by atoms with E-state index in [1.807, 2.05) is 17.9 Å². The Hall–Kier alpha value is -2.31. The minimum Gasteiger partial charge on any atom is -0.378 e. The second-order valence-electron chi connectivity index (χ2n) is 4.37. The van der Waals surface area contributed by atoms with Gasteiger partial charge in [-0.05, 0) is 6.42 Å². The van der Waals surface area contributed by atoms with Crippen LogP contribution >= 0.6 is 0 Å². The third-order valence-electron chi connectivity index (χ3n) is 2.76. The summed E-state index contributed by atoms with van der Waals surface area (Å²) in [7, 11) is 1.91. The van der Waals surface area contributed by atoms with Gasteiger partial charge in [0, 0.05) is 31.5 Å². The largest absolute Gasteiger partial charge is 0.378 e. The molecule has 2 aromatic rings. The Morgan fingerprint density at radius 2 is 2.26 bits per heavy atom. The predicted octanol–water partition coefficient (Wildman–Crippen LogP) is 0.276. The average Bonchev–Trinajstić information content (AvgIpc) is 2.92. The van der Waals surface area contributed by atoms with Crippen molar-refractivity contribution in [2.45, 2.75) is 26.4 Å². The van der Waals surface area contributed by atoms with Gasteiger partial charge >= 0.3 is 0 Å². The molecule has 2 aromatic heterocycles. The lowest BCUT2D eigenvalue weighted by molar-refractivity contribution is -0.118. The van der Waals surface area contributed by atoms with E-state index in [9.17, 15) is 4.79 Å². The van der Waals surface area contributed by atoms with E-state index in [1.54, 1.807) is 12.4 Å². The van der Waals surface area contributed by atoms with Crippen LogP contribution in [0.2, 0.25) is 0 Å². The van der Waals surface area contributed by atoms with Crippen LogP contribution in [0.3, 0.4) is 0 Å².